The summed E-state index contributed by atoms with van der Waals surface area (Å²) in [6.45, 7) is 0.508. The second kappa shape index (κ2) is 8.83. The fourth-order valence-corrected chi connectivity index (χ4v) is 3.57. The lowest BCUT2D eigenvalue weighted by Crippen LogP contribution is -2.35. The number of rotatable bonds is 8. The highest BCUT2D eigenvalue weighted by molar-refractivity contribution is 7.13. The molecule has 3 aromatic rings. The van der Waals surface area contributed by atoms with Gasteiger partial charge in [-0.2, -0.15) is 0 Å². The van der Waals surface area contributed by atoms with E-state index in [1.807, 2.05) is 55.9 Å². The molecule has 0 spiro atoms. The molecule has 27 heavy (non-hydrogen) atoms. The number of furan rings is 1. The van der Waals surface area contributed by atoms with E-state index in [-0.39, 0.29) is 18.4 Å². The van der Waals surface area contributed by atoms with Crippen molar-refractivity contribution >= 4 is 17.2 Å². The van der Waals surface area contributed by atoms with Crippen LogP contribution in [0.2, 0.25) is 0 Å². The van der Waals surface area contributed by atoms with Gasteiger partial charge in [0, 0.05) is 11.9 Å². The Morgan fingerprint density at radius 1 is 1.33 bits per heavy atom. The Hall–Kier alpha value is -2.64. The summed E-state index contributed by atoms with van der Waals surface area (Å²) in [5.74, 6) is 1.47. The summed E-state index contributed by atoms with van der Waals surface area (Å²) in [6, 6.07) is 11.6. The predicted molar refractivity (Wildman–Crippen MR) is 106 cm³/mol. The van der Waals surface area contributed by atoms with Gasteiger partial charge in [0.25, 0.3) is 0 Å². The lowest BCUT2D eigenvalue weighted by Gasteiger charge is -2.25. The average Bonchev–Trinajstić information content (AvgIpc) is 3.33. The maximum Gasteiger partial charge on any atom is 0.226 e. The van der Waals surface area contributed by atoms with Crippen LogP contribution in [0.15, 0.2) is 52.5 Å². The van der Waals surface area contributed by atoms with Crippen LogP contribution >= 0.6 is 11.3 Å². The van der Waals surface area contributed by atoms with Crippen LogP contribution in [0.4, 0.5) is 0 Å². The first-order valence-electron chi connectivity index (χ1n) is 8.62. The van der Waals surface area contributed by atoms with Gasteiger partial charge in [-0.15, -0.1) is 11.3 Å². The average molecular weight is 385 g/mol. The van der Waals surface area contributed by atoms with E-state index in [4.69, 9.17) is 9.15 Å². The summed E-state index contributed by atoms with van der Waals surface area (Å²) in [5, 5.41) is 5.69. The van der Waals surface area contributed by atoms with Crippen LogP contribution in [0, 0.1) is 0 Å². The van der Waals surface area contributed by atoms with Gasteiger partial charge < -0.3 is 19.4 Å². The smallest absolute Gasteiger partial charge is 0.226 e. The van der Waals surface area contributed by atoms with Crippen LogP contribution in [0.25, 0.3) is 10.8 Å². The lowest BCUT2D eigenvalue weighted by atomic mass is 10.1. The number of aromatic nitrogens is 1. The molecule has 0 aliphatic carbocycles. The number of thiazole rings is 1. The molecule has 7 heteroatoms. The van der Waals surface area contributed by atoms with Gasteiger partial charge >= 0.3 is 0 Å². The minimum atomic E-state index is -0.0546. The van der Waals surface area contributed by atoms with E-state index in [0.717, 1.165) is 27.8 Å². The molecule has 2 aromatic heterocycles. The zero-order valence-corrected chi connectivity index (χ0v) is 16.5. The fraction of sp³-hybridized carbons (Fsp3) is 0.300. The van der Waals surface area contributed by atoms with Crippen LogP contribution in [0.5, 0.6) is 5.75 Å². The summed E-state index contributed by atoms with van der Waals surface area (Å²) in [4.78, 5) is 18.9. The Labute approximate surface area is 162 Å². The Morgan fingerprint density at radius 2 is 2.19 bits per heavy atom. The van der Waals surface area contributed by atoms with Crippen LogP contribution in [-0.2, 0) is 11.2 Å². The van der Waals surface area contributed by atoms with Crippen molar-refractivity contribution in [3.63, 3.8) is 0 Å². The van der Waals surface area contributed by atoms with Gasteiger partial charge in [0.1, 0.15) is 5.75 Å². The number of ether oxygens (including phenoxy) is 1. The normalized spacial score (nSPS) is 12.1. The minimum absolute atomic E-state index is 0.0539. The van der Waals surface area contributed by atoms with Crippen LogP contribution in [0.3, 0.4) is 0 Å². The highest BCUT2D eigenvalue weighted by Crippen LogP contribution is 2.24. The fourth-order valence-electron chi connectivity index (χ4n) is 2.79. The van der Waals surface area contributed by atoms with E-state index in [2.05, 4.69) is 15.2 Å². The zero-order chi connectivity index (χ0) is 19.2. The molecule has 0 saturated heterocycles. The van der Waals surface area contributed by atoms with E-state index in [9.17, 15) is 4.79 Å². The quantitative estimate of drug-likeness (QED) is 0.644. The Bertz CT molecular complexity index is 874. The summed E-state index contributed by atoms with van der Waals surface area (Å²) in [6.07, 6.45) is 1.86. The molecule has 0 radical (unpaired) electrons. The zero-order valence-electron chi connectivity index (χ0n) is 15.6. The molecule has 3 rings (SSSR count). The third-order valence-electron chi connectivity index (χ3n) is 4.22. The van der Waals surface area contributed by atoms with Gasteiger partial charge in [-0.25, -0.2) is 4.98 Å². The summed E-state index contributed by atoms with van der Waals surface area (Å²) < 4.78 is 10.6. The molecule has 2 heterocycles. The van der Waals surface area contributed by atoms with Crippen molar-refractivity contribution in [1.29, 1.82) is 0 Å². The standard InChI is InChI=1S/C20H23N3O3S/c1-23(2)17(14-6-4-7-16(10-14)25-3)12-21-19(24)11-15-13-27-20(22-15)18-8-5-9-26-18/h4-10,13,17H,11-12H2,1-3H3,(H,21,24)/t17-/m1/s1. The number of methoxy groups -OCH3 is 1. The van der Waals surface area contributed by atoms with Gasteiger partial charge in [-0.1, -0.05) is 12.1 Å². The lowest BCUT2D eigenvalue weighted by molar-refractivity contribution is -0.120. The van der Waals surface area contributed by atoms with Crippen molar-refractivity contribution in [3.05, 3.63) is 59.3 Å². The monoisotopic (exact) mass is 385 g/mol. The molecule has 6 nitrogen and oxygen atoms in total. The molecule has 0 unspecified atom stereocenters. The molecular formula is C20H23N3O3S. The van der Waals surface area contributed by atoms with E-state index in [1.54, 1.807) is 13.4 Å². The summed E-state index contributed by atoms with van der Waals surface area (Å²) in [5.41, 5.74) is 1.83. The second-order valence-corrected chi connectivity index (χ2v) is 7.22. The maximum absolute atomic E-state index is 12.4. The highest BCUT2D eigenvalue weighted by Gasteiger charge is 2.17. The van der Waals surface area contributed by atoms with Crippen LogP contribution in [0.1, 0.15) is 17.3 Å². The molecule has 1 amide bonds. The van der Waals surface area contributed by atoms with Crippen molar-refractivity contribution in [2.75, 3.05) is 27.7 Å². The van der Waals surface area contributed by atoms with Gasteiger partial charge in [-0.3, -0.25) is 4.79 Å². The van der Waals surface area contributed by atoms with Crippen molar-refractivity contribution in [1.82, 2.24) is 15.2 Å². The topological polar surface area (TPSA) is 67.6 Å². The van der Waals surface area contributed by atoms with Gasteiger partial charge in [-0.05, 0) is 43.9 Å². The Balaban J connectivity index is 1.59. The number of likely N-dealkylation sites (N-methyl/N-ethyl adjacent to an activating group) is 1. The van der Waals surface area contributed by atoms with Crippen molar-refractivity contribution in [2.24, 2.45) is 0 Å². The number of hydrogen-bond acceptors (Lipinski definition) is 6. The third kappa shape index (κ3) is 4.96. The molecule has 0 saturated carbocycles. The van der Waals surface area contributed by atoms with E-state index < -0.39 is 0 Å². The summed E-state index contributed by atoms with van der Waals surface area (Å²) >= 11 is 1.47. The molecule has 1 atom stereocenters. The van der Waals surface area contributed by atoms with Gasteiger partial charge in [0.15, 0.2) is 10.8 Å². The molecule has 0 aliphatic rings. The molecule has 0 fully saturated rings. The molecule has 1 aromatic carbocycles. The molecule has 142 valence electrons. The number of carbonyl (C=O) groups excluding carboxylic acids is 1. The Morgan fingerprint density at radius 3 is 2.89 bits per heavy atom. The highest BCUT2D eigenvalue weighted by atomic mass is 32.1. The number of amides is 1. The molecule has 0 bridgehead atoms. The molecule has 0 aliphatic heterocycles. The van der Waals surface area contributed by atoms with Crippen molar-refractivity contribution in [3.8, 4) is 16.5 Å². The van der Waals surface area contributed by atoms with E-state index in [1.165, 1.54) is 11.3 Å². The first kappa shape index (κ1) is 19.1. The first-order valence-corrected chi connectivity index (χ1v) is 9.50. The Kier molecular flexibility index (Phi) is 6.26. The third-order valence-corrected chi connectivity index (χ3v) is 5.13. The van der Waals surface area contributed by atoms with E-state index in [0.29, 0.717) is 6.54 Å². The van der Waals surface area contributed by atoms with Crippen LogP contribution in [-0.4, -0.2) is 43.5 Å². The SMILES string of the molecule is COc1cccc([C@@H](CNC(=O)Cc2csc(-c3ccco3)n2)N(C)C)c1. The number of benzene rings is 1. The number of hydrogen-bond donors (Lipinski definition) is 1. The number of carbonyl (C=O) groups is 1. The van der Waals surface area contributed by atoms with Crippen molar-refractivity contribution < 1.29 is 13.9 Å². The first-order chi connectivity index (χ1) is 13.1. The number of nitrogens with one attached hydrogen (secondary N) is 1. The van der Waals surface area contributed by atoms with Gasteiger partial charge in [0.05, 0.1) is 31.5 Å². The van der Waals surface area contributed by atoms with Crippen molar-refractivity contribution in [2.45, 2.75) is 12.5 Å². The van der Waals surface area contributed by atoms with Crippen LogP contribution < -0.4 is 10.1 Å². The maximum atomic E-state index is 12.4. The largest absolute Gasteiger partial charge is 0.497 e. The second-order valence-electron chi connectivity index (χ2n) is 6.36. The van der Waals surface area contributed by atoms with Gasteiger partial charge in [0.2, 0.25) is 5.91 Å². The predicted octanol–water partition coefficient (Wildman–Crippen LogP) is 3.37. The number of nitrogens with zero attached hydrogens (tertiary/aromatic N) is 2. The molecule has 1 N–H and O–H groups in total. The van der Waals surface area contributed by atoms with E-state index >= 15 is 0 Å². The minimum Gasteiger partial charge on any atom is -0.497 e. The summed E-state index contributed by atoms with van der Waals surface area (Å²) in [7, 11) is 5.63. The molecular weight excluding hydrogens is 362 g/mol.